The number of hydrogen-bond donors (Lipinski definition) is 1. The first kappa shape index (κ1) is 7.86. The fourth-order valence-corrected chi connectivity index (χ4v) is 1.39. The van der Waals surface area contributed by atoms with Crippen LogP contribution in [0.5, 0.6) is 0 Å². The van der Waals surface area contributed by atoms with Crippen LogP contribution < -0.4 is 0 Å². The lowest BCUT2D eigenvalue weighted by atomic mass is 10.1. The maximum Gasteiger partial charge on any atom is 0.411 e. The number of allylic oxidation sites excluding steroid dienone is 5. The van der Waals surface area contributed by atoms with E-state index in [0.717, 1.165) is 11.1 Å². The van der Waals surface area contributed by atoms with Gasteiger partial charge in [0.05, 0.1) is 6.54 Å². The molecule has 13 heavy (non-hydrogen) atoms. The van der Waals surface area contributed by atoms with Crippen LogP contribution in [0, 0.1) is 0 Å². The van der Waals surface area contributed by atoms with E-state index in [-0.39, 0.29) is 0 Å². The molecule has 2 aliphatic rings. The molecule has 1 amide bonds. The van der Waals surface area contributed by atoms with Gasteiger partial charge in [-0.05, 0) is 11.1 Å². The van der Waals surface area contributed by atoms with E-state index in [4.69, 9.17) is 5.11 Å². The van der Waals surface area contributed by atoms with Crippen molar-refractivity contribution in [2.24, 2.45) is 0 Å². The van der Waals surface area contributed by atoms with Gasteiger partial charge in [-0.2, -0.15) is 0 Å². The molecule has 1 aliphatic heterocycles. The van der Waals surface area contributed by atoms with Gasteiger partial charge < -0.3 is 5.11 Å². The van der Waals surface area contributed by atoms with Gasteiger partial charge in [-0.25, -0.2) is 4.79 Å². The Labute approximate surface area is 76.0 Å². The molecule has 3 nitrogen and oxygen atoms in total. The Hall–Kier alpha value is -1.77. The number of carbonyl (C=O) groups is 1. The second kappa shape index (κ2) is 2.94. The monoisotopic (exact) mass is 175 g/mol. The predicted molar refractivity (Wildman–Crippen MR) is 49.2 cm³/mol. The highest BCUT2D eigenvalue weighted by atomic mass is 16.4. The molecule has 1 aliphatic carbocycles. The van der Waals surface area contributed by atoms with Crippen LogP contribution in [-0.2, 0) is 0 Å². The molecule has 1 heterocycles. The van der Waals surface area contributed by atoms with Gasteiger partial charge >= 0.3 is 6.09 Å². The van der Waals surface area contributed by atoms with Crippen LogP contribution in [0.3, 0.4) is 0 Å². The smallest absolute Gasteiger partial charge is 0.411 e. The Balaban J connectivity index is 2.31. The van der Waals surface area contributed by atoms with Crippen molar-refractivity contribution in [3.05, 3.63) is 47.7 Å². The van der Waals surface area contributed by atoms with Gasteiger partial charge in [-0.15, -0.1) is 0 Å². The molecule has 0 saturated heterocycles. The Bertz CT molecular complexity index is 361. The lowest BCUT2D eigenvalue weighted by molar-refractivity contribution is 0.167. The maximum atomic E-state index is 10.6. The first-order chi connectivity index (χ1) is 6.27. The SMILES string of the molecule is O=C(O)N1C=C2C=CC=CC=C2C1. The van der Waals surface area contributed by atoms with Crippen LogP contribution in [0.15, 0.2) is 47.7 Å². The minimum absolute atomic E-state index is 0.458. The molecule has 0 spiro atoms. The molecular formula is C10H9NO2. The Morgan fingerprint density at radius 3 is 3.00 bits per heavy atom. The van der Waals surface area contributed by atoms with Gasteiger partial charge in [0.2, 0.25) is 0 Å². The Morgan fingerprint density at radius 2 is 2.23 bits per heavy atom. The molecule has 0 atom stereocenters. The van der Waals surface area contributed by atoms with E-state index in [1.807, 2.05) is 30.4 Å². The minimum Gasteiger partial charge on any atom is -0.465 e. The second-order valence-corrected chi connectivity index (χ2v) is 2.93. The third kappa shape index (κ3) is 1.40. The molecule has 0 fully saturated rings. The van der Waals surface area contributed by atoms with Crippen molar-refractivity contribution in [1.82, 2.24) is 4.90 Å². The van der Waals surface area contributed by atoms with Crippen LogP contribution in [-0.4, -0.2) is 22.6 Å². The average Bonchev–Trinajstić information content (AvgIpc) is 2.38. The van der Waals surface area contributed by atoms with Gasteiger partial charge in [-0.1, -0.05) is 30.4 Å². The van der Waals surface area contributed by atoms with Crippen molar-refractivity contribution < 1.29 is 9.90 Å². The van der Waals surface area contributed by atoms with Crippen molar-refractivity contribution in [2.45, 2.75) is 0 Å². The molecule has 3 heteroatoms. The van der Waals surface area contributed by atoms with Crippen molar-refractivity contribution in [1.29, 1.82) is 0 Å². The van der Waals surface area contributed by atoms with Crippen molar-refractivity contribution in [2.75, 3.05) is 6.54 Å². The summed E-state index contributed by atoms with van der Waals surface area (Å²) in [6, 6.07) is 0. The number of nitrogens with zero attached hydrogens (tertiary/aromatic N) is 1. The number of rotatable bonds is 0. The topological polar surface area (TPSA) is 40.5 Å². The molecule has 0 bridgehead atoms. The minimum atomic E-state index is -0.904. The number of fused-ring (bicyclic) bond motifs is 1. The summed E-state index contributed by atoms with van der Waals surface area (Å²) >= 11 is 0. The molecule has 0 unspecified atom stereocenters. The van der Waals surface area contributed by atoms with Gasteiger partial charge in [-0.3, -0.25) is 4.90 Å². The fraction of sp³-hybridized carbons (Fsp3) is 0.100. The summed E-state index contributed by atoms with van der Waals surface area (Å²) in [7, 11) is 0. The first-order valence-corrected chi connectivity index (χ1v) is 4.03. The highest BCUT2D eigenvalue weighted by Gasteiger charge is 2.20. The third-order valence-corrected chi connectivity index (χ3v) is 2.05. The normalized spacial score (nSPS) is 19.2. The Morgan fingerprint density at radius 1 is 1.38 bits per heavy atom. The van der Waals surface area contributed by atoms with Gasteiger partial charge in [0.15, 0.2) is 0 Å². The zero-order valence-corrected chi connectivity index (χ0v) is 6.97. The van der Waals surface area contributed by atoms with Crippen LogP contribution in [0.2, 0.25) is 0 Å². The fourth-order valence-electron chi connectivity index (χ4n) is 1.39. The summed E-state index contributed by atoms with van der Waals surface area (Å²) in [5.74, 6) is 0. The van der Waals surface area contributed by atoms with E-state index in [1.165, 1.54) is 4.90 Å². The van der Waals surface area contributed by atoms with E-state index in [9.17, 15) is 4.79 Å². The maximum absolute atomic E-state index is 10.6. The molecule has 0 aromatic rings. The van der Waals surface area contributed by atoms with E-state index in [2.05, 4.69) is 0 Å². The van der Waals surface area contributed by atoms with Gasteiger partial charge in [0, 0.05) is 6.20 Å². The summed E-state index contributed by atoms with van der Waals surface area (Å²) < 4.78 is 0. The molecule has 0 radical (unpaired) electrons. The molecule has 0 aromatic heterocycles. The van der Waals surface area contributed by atoms with Crippen LogP contribution >= 0.6 is 0 Å². The molecule has 1 N–H and O–H groups in total. The van der Waals surface area contributed by atoms with E-state index in [0.29, 0.717) is 6.54 Å². The molecule has 66 valence electrons. The summed E-state index contributed by atoms with van der Waals surface area (Å²) in [4.78, 5) is 11.9. The van der Waals surface area contributed by atoms with Crippen LogP contribution in [0.4, 0.5) is 4.79 Å². The van der Waals surface area contributed by atoms with Gasteiger partial charge in [0.1, 0.15) is 0 Å². The third-order valence-electron chi connectivity index (χ3n) is 2.05. The zero-order chi connectivity index (χ0) is 9.26. The predicted octanol–water partition coefficient (Wildman–Crippen LogP) is 1.92. The standard InChI is InChI=1S/C10H9NO2/c12-10(13)11-6-8-4-2-1-3-5-9(8)7-11/h1-6H,7H2,(H,12,13). The highest BCUT2D eigenvalue weighted by Crippen LogP contribution is 2.23. The summed E-state index contributed by atoms with van der Waals surface area (Å²) in [5.41, 5.74) is 2.03. The van der Waals surface area contributed by atoms with Crippen LogP contribution in [0.25, 0.3) is 0 Å². The molecule has 0 saturated carbocycles. The molecule has 0 aromatic carbocycles. The molecular weight excluding hydrogens is 166 g/mol. The van der Waals surface area contributed by atoms with E-state index < -0.39 is 6.09 Å². The van der Waals surface area contributed by atoms with E-state index in [1.54, 1.807) is 6.20 Å². The molecule has 2 rings (SSSR count). The lowest BCUT2D eigenvalue weighted by Crippen LogP contribution is -2.21. The largest absolute Gasteiger partial charge is 0.465 e. The number of amides is 1. The average molecular weight is 175 g/mol. The quantitative estimate of drug-likeness (QED) is 0.611. The highest BCUT2D eigenvalue weighted by molar-refractivity contribution is 5.70. The zero-order valence-electron chi connectivity index (χ0n) is 6.97. The van der Waals surface area contributed by atoms with E-state index >= 15 is 0 Å². The first-order valence-electron chi connectivity index (χ1n) is 4.03. The second-order valence-electron chi connectivity index (χ2n) is 2.93. The van der Waals surface area contributed by atoms with Crippen molar-refractivity contribution in [3.8, 4) is 0 Å². The Kier molecular flexibility index (Phi) is 1.77. The van der Waals surface area contributed by atoms with Crippen molar-refractivity contribution >= 4 is 6.09 Å². The summed E-state index contributed by atoms with van der Waals surface area (Å²) in [6.45, 7) is 0.458. The van der Waals surface area contributed by atoms with Crippen molar-refractivity contribution in [3.63, 3.8) is 0 Å². The van der Waals surface area contributed by atoms with Gasteiger partial charge in [0.25, 0.3) is 0 Å². The summed E-state index contributed by atoms with van der Waals surface area (Å²) in [6.07, 6.45) is 10.3. The number of carboxylic acid groups (broad SMARTS) is 1. The summed E-state index contributed by atoms with van der Waals surface area (Å²) in [5, 5.41) is 8.74. The number of hydrogen-bond acceptors (Lipinski definition) is 1. The lowest BCUT2D eigenvalue weighted by Gasteiger charge is -2.06. The van der Waals surface area contributed by atoms with Crippen LogP contribution in [0.1, 0.15) is 0 Å².